The zero-order valence-corrected chi connectivity index (χ0v) is 12.2. The van der Waals surface area contributed by atoms with Gasteiger partial charge in [-0.05, 0) is 17.7 Å². The maximum atomic E-state index is 12.0. The molecule has 1 aromatic heterocycles. The monoisotopic (exact) mass is 295 g/mol. The molecule has 22 heavy (non-hydrogen) atoms. The fourth-order valence-electron chi connectivity index (χ4n) is 2.40. The van der Waals surface area contributed by atoms with Crippen molar-refractivity contribution in [2.75, 3.05) is 0 Å². The lowest BCUT2D eigenvalue weighted by Gasteiger charge is -2.11. The van der Waals surface area contributed by atoms with E-state index >= 15 is 0 Å². The summed E-state index contributed by atoms with van der Waals surface area (Å²) in [4.78, 5) is 16.5. The highest BCUT2D eigenvalue weighted by Crippen LogP contribution is 2.15. The number of benzene rings is 2. The van der Waals surface area contributed by atoms with Gasteiger partial charge in [0.15, 0.2) is 6.10 Å². The van der Waals surface area contributed by atoms with Gasteiger partial charge in [-0.2, -0.15) is 0 Å². The van der Waals surface area contributed by atoms with Crippen LogP contribution in [0.1, 0.15) is 17.5 Å². The highest BCUT2D eigenvalue weighted by Gasteiger charge is 2.17. The van der Waals surface area contributed by atoms with Crippen molar-refractivity contribution >= 4 is 16.9 Å². The molecule has 0 aliphatic heterocycles. The van der Waals surface area contributed by atoms with E-state index in [4.69, 9.17) is 0 Å². The lowest BCUT2D eigenvalue weighted by molar-refractivity contribution is -0.129. The van der Waals surface area contributed by atoms with Gasteiger partial charge < -0.3 is 15.0 Å². The minimum absolute atomic E-state index is 0.272. The Kier molecular flexibility index (Phi) is 3.89. The fourth-order valence-corrected chi connectivity index (χ4v) is 2.40. The minimum atomic E-state index is -1.17. The highest BCUT2D eigenvalue weighted by atomic mass is 16.3. The molecule has 0 radical (unpaired) electrons. The molecular weight excluding hydrogens is 278 g/mol. The van der Waals surface area contributed by atoms with Crippen LogP contribution in [0.15, 0.2) is 54.6 Å². The Balaban J connectivity index is 1.71. The van der Waals surface area contributed by atoms with Gasteiger partial charge >= 0.3 is 0 Å². The van der Waals surface area contributed by atoms with Crippen molar-refractivity contribution in [3.8, 4) is 0 Å². The molecule has 2 N–H and O–H groups in total. The first-order chi connectivity index (χ1) is 10.7. The van der Waals surface area contributed by atoms with E-state index in [1.54, 1.807) is 24.3 Å². The van der Waals surface area contributed by atoms with Crippen molar-refractivity contribution in [1.29, 1.82) is 0 Å². The number of amides is 1. The van der Waals surface area contributed by atoms with Crippen LogP contribution in [0.2, 0.25) is 0 Å². The fraction of sp³-hybridized carbons (Fsp3) is 0.176. The third-order valence-corrected chi connectivity index (χ3v) is 3.66. The molecule has 0 aliphatic carbocycles. The molecule has 3 aromatic rings. The summed E-state index contributed by atoms with van der Waals surface area (Å²) in [6.45, 7) is 0.272. The molecule has 112 valence electrons. The average molecular weight is 295 g/mol. The van der Waals surface area contributed by atoms with E-state index in [1.165, 1.54) is 0 Å². The summed E-state index contributed by atoms with van der Waals surface area (Å²) < 4.78 is 1.94. The average Bonchev–Trinajstić information content (AvgIpc) is 2.89. The van der Waals surface area contributed by atoms with E-state index in [0.717, 1.165) is 16.9 Å². The number of hydrogen-bond acceptors (Lipinski definition) is 3. The number of para-hydroxylation sites is 2. The Labute approximate surface area is 128 Å². The Morgan fingerprint density at radius 1 is 1.18 bits per heavy atom. The van der Waals surface area contributed by atoms with Gasteiger partial charge in [-0.1, -0.05) is 42.5 Å². The molecule has 5 heteroatoms. The molecule has 1 atom stereocenters. The number of aryl methyl sites for hydroxylation is 1. The van der Waals surface area contributed by atoms with E-state index in [-0.39, 0.29) is 6.54 Å². The number of aromatic nitrogens is 2. The number of aliphatic hydroxyl groups excluding tert-OH is 1. The number of nitrogens with one attached hydrogen (secondary N) is 1. The number of fused-ring (bicyclic) bond motifs is 1. The number of imidazole rings is 1. The Hall–Kier alpha value is -2.66. The molecule has 0 aliphatic rings. The molecule has 0 saturated heterocycles. The number of aliphatic hydroxyl groups is 1. The largest absolute Gasteiger partial charge is 0.378 e. The Morgan fingerprint density at radius 2 is 1.86 bits per heavy atom. The van der Waals surface area contributed by atoms with Crippen LogP contribution in [0.25, 0.3) is 11.0 Å². The van der Waals surface area contributed by atoms with Crippen molar-refractivity contribution < 1.29 is 9.90 Å². The van der Waals surface area contributed by atoms with Gasteiger partial charge in [-0.25, -0.2) is 4.98 Å². The maximum Gasteiger partial charge on any atom is 0.253 e. The molecule has 0 spiro atoms. The third kappa shape index (κ3) is 2.71. The Morgan fingerprint density at radius 3 is 2.59 bits per heavy atom. The predicted molar refractivity (Wildman–Crippen MR) is 84.0 cm³/mol. The van der Waals surface area contributed by atoms with Crippen molar-refractivity contribution in [3.05, 3.63) is 66.0 Å². The summed E-state index contributed by atoms with van der Waals surface area (Å²) in [5.74, 6) is 0.313. The third-order valence-electron chi connectivity index (χ3n) is 3.66. The molecule has 0 bridgehead atoms. The summed E-state index contributed by atoms with van der Waals surface area (Å²) in [5, 5.41) is 12.8. The molecule has 0 unspecified atom stereocenters. The quantitative estimate of drug-likeness (QED) is 0.773. The second-order valence-corrected chi connectivity index (χ2v) is 5.11. The van der Waals surface area contributed by atoms with Crippen LogP contribution in [0.5, 0.6) is 0 Å². The first kappa shape index (κ1) is 14.3. The van der Waals surface area contributed by atoms with Crippen molar-refractivity contribution in [1.82, 2.24) is 14.9 Å². The van der Waals surface area contributed by atoms with Crippen LogP contribution in [0, 0.1) is 0 Å². The zero-order valence-electron chi connectivity index (χ0n) is 12.2. The second-order valence-electron chi connectivity index (χ2n) is 5.11. The molecule has 5 nitrogen and oxygen atoms in total. The molecule has 0 saturated carbocycles. The number of hydrogen-bond donors (Lipinski definition) is 2. The maximum absolute atomic E-state index is 12.0. The zero-order chi connectivity index (χ0) is 15.5. The van der Waals surface area contributed by atoms with Gasteiger partial charge in [-0.3, -0.25) is 4.79 Å². The predicted octanol–water partition coefficient (Wildman–Crippen LogP) is 1.92. The van der Waals surface area contributed by atoms with Gasteiger partial charge in [0.05, 0.1) is 17.6 Å². The first-order valence-corrected chi connectivity index (χ1v) is 7.08. The van der Waals surface area contributed by atoms with E-state index in [1.807, 2.05) is 41.9 Å². The molecule has 0 fully saturated rings. The lowest BCUT2D eigenvalue weighted by atomic mass is 10.1. The van der Waals surface area contributed by atoms with Gasteiger partial charge in [0.1, 0.15) is 5.82 Å². The SMILES string of the molecule is Cn1c(CNC(=O)[C@@H](O)c2ccccc2)nc2ccccc21. The highest BCUT2D eigenvalue weighted by molar-refractivity contribution is 5.82. The summed E-state index contributed by atoms with van der Waals surface area (Å²) in [6.07, 6.45) is -1.17. The topological polar surface area (TPSA) is 67.2 Å². The summed E-state index contributed by atoms with van der Waals surface area (Å²) in [5.41, 5.74) is 2.47. The van der Waals surface area contributed by atoms with Crippen LogP contribution in [-0.4, -0.2) is 20.6 Å². The lowest BCUT2D eigenvalue weighted by Crippen LogP contribution is -2.29. The van der Waals surface area contributed by atoms with E-state index < -0.39 is 12.0 Å². The summed E-state index contributed by atoms with van der Waals surface area (Å²) >= 11 is 0. The molecule has 2 aromatic carbocycles. The van der Waals surface area contributed by atoms with Crippen molar-refractivity contribution in [2.24, 2.45) is 7.05 Å². The normalized spacial score (nSPS) is 12.3. The van der Waals surface area contributed by atoms with Gasteiger partial charge in [0, 0.05) is 7.05 Å². The Bertz CT molecular complexity index is 796. The number of nitrogens with zero attached hydrogens (tertiary/aromatic N) is 2. The summed E-state index contributed by atoms with van der Waals surface area (Å²) in [6, 6.07) is 16.6. The molecule has 1 amide bonds. The van der Waals surface area contributed by atoms with Gasteiger partial charge in [0.25, 0.3) is 5.91 Å². The summed E-state index contributed by atoms with van der Waals surface area (Å²) in [7, 11) is 1.91. The number of carbonyl (C=O) groups excluding carboxylic acids is 1. The second kappa shape index (κ2) is 5.99. The van der Waals surface area contributed by atoms with Crippen LogP contribution in [-0.2, 0) is 18.4 Å². The molecule has 1 heterocycles. The smallest absolute Gasteiger partial charge is 0.253 e. The van der Waals surface area contributed by atoms with E-state index in [2.05, 4.69) is 10.3 Å². The van der Waals surface area contributed by atoms with Crippen molar-refractivity contribution in [3.63, 3.8) is 0 Å². The first-order valence-electron chi connectivity index (χ1n) is 7.08. The molecular formula is C17H17N3O2. The van der Waals surface area contributed by atoms with Crippen LogP contribution >= 0.6 is 0 Å². The standard InChI is InChI=1S/C17H17N3O2/c1-20-14-10-6-5-9-13(14)19-15(20)11-18-17(22)16(21)12-7-3-2-4-8-12/h2-10,16,21H,11H2,1H3,(H,18,22)/t16-/m0/s1. The van der Waals surface area contributed by atoms with Crippen LogP contribution in [0.3, 0.4) is 0 Å². The number of carbonyl (C=O) groups is 1. The minimum Gasteiger partial charge on any atom is -0.378 e. The van der Waals surface area contributed by atoms with Crippen LogP contribution < -0.4 is 5.32 Å². The van der Waals surface area contributed by atoms with E-state index in [0.29, 0.717) is 5.56 Å². The van der Waals surface area contributed by atoms with Crippen molar-refractivity contribution in [2.45, 2.75) is 12.6 Å². The van der Waals surface area contributed by atoms with Gasteiger partial charge in [0.2, 0.25) is 0 Å². The molecule has 3 rings (SSSR count). The van der Waals surface area contributed by atoms with Gasteiger partial charge in [-0.15, -0.1) is 0 Å². The van der Waals surface area contributed by atoms with Crippen LogP contribution in [0.4, 0.5) is 0 Å². The van der Waals surface area contributed by atoms with E-state index in [9.17, 15) is 9.90 Å². The number of rotatable bonds is 4.